The van der Waals surface area contributed by atoms with Crippen LogP contribution in [-0.2, 0) is 6.54 Å². The molecule has 0 radical (unpaired) electrons. The predicted octanol–water partition coefficient (Wildman–Crippen LogP) is 3.19. The van der Waals surface area contributed by atoms with Gasteiger partial charge in [0.25, 0.3) is 0 Å². The molecule has 3 nitrogen and oxygen atoms in total. The number of nitrogens with one attached hydrogen (secondary N) is 1. The van der Waals surface area contributed by atoms with Gasteiger partial charge >= 0.3 is 0 Å². The van der Waals surface area contributed by atoms with Gasteiger partial charge in [0.15, 0.2) is 6.39 Å². The highest BCUT2D eigenvalue weighted by molar-refractivity contribution is 9.10. The fourth-order valence-electron chi connectivity index (χ4n) is 1.12. The first-order valence-electron chi connectivity index (χ1n) is 4.32. The van der Waals surface area contributed by atoms with Crippen molar-refractivity contribution in [3.05, 3.63) is 46.8 Å². The number of benzene rings is 1. The Hall–Kier alpha value is -1.36. The Morgan fingerprint density at radius 2 is 2.33 bits per heavy atom. The number of hydrogen-bond donors (Lipinski definition) is 1. The van der Waals surface area contributed by atoms with Gasteiger partial charge in [-0.3, -0.25) is 0 Å². The van der Waals surface area contributed by atoms with Crippen LogP contribution in [0.4, 0.5) is 10.1 Å². The smallest absolute Gasteiger partial charge is 0.180 e. The largest absolute Gasteiger partial charge is 0.447 e. The predicted molar refractivity (Wildman–Crippen MR) is 57.9 cm³/mol. The minimum atomic E-state index is -0.278. The minimum Gasteiger partial charge on any atom is -0.447 e. The summed E-state index contributed by atoms with van der Waals surface area (Å²) in [5, 5.41) is 3.08. The van der Waals surface area contributed by atoms with Gasteiger partial charge in [0.1, 0.15) is 11.6 Å². The number of hydrogen-bond acceptors (Lipinski definition) is 3. The maximum absolute atomic E-state index is 12.9. The summed E-state index contributed by atoms with van der Waals surface area (Å²) < 4.78 is 18.4. The molecule has 1 heterocycles. The molecule has 1 aromatic heterocycles. The van der Waals surface area contributed by atoms with Crippen LogP contribution >= 0.6 is 15.9 Å². The number of oxazole rings is 1. The third-order valence-electron chi connectivity index (χ3n) is 1.87. The molecule has 15 heavy (non-hydrogen) atoms. The highest BCUT2D eigenvalue weighted by Gasteiger charge is 2.01. The van der Waals surface area contributed by atoms with E-state index in [2.05, 4.69) is 26.2 Å². The van der Waals surface area contributed by atoms with Crippen molar-refractivity contribution in [3.8, 4) is 0 Å². The highest BCUT2D eigenvalue weighted by atomic mass is 79.9. The molecule has 0 spiro atoms. The molecule has 78 valence electrons. The van der Waals surface area contributed by atoms with Crippen molar-refractivity contribution in [1.29, 1.82) is 0 Å². The van der Waals surface area contributed by atoms with Crippen molar-refractivity contribution in [1.82, 2.24) is 4.98 Å². The third kappa shape index (κ3) is 2.56. The van der Waals surface area contributed by atoms with E-state index in [1.54, 1.807) is 18.3 Å². The molecule has 1 N–H and O–H groups in total. The normalized spacial score (nSPS) is 10.3. The SMILES string of the molecule is Fc1ccc(NCc2cnco2)cc1Br. The van der Waals surface area contributed by atoms with Gasteiger partial charge in [-0.2, -0.15) is 0 Å². The van der Waals surface area contributed by atoms with Crippen LogP contribution in [0.15, 0.2) is 39.7 Å². The first kappa shape index (κ1) is 10.2. The van der Waals surface area contributed by atoms with Crippen LogP contribution in [0.2, 0.25) is 0 Å². The molecule has 0 amide bonds. The molecule has 0 saturated carbocycles. The molecule has 0 aliphatic rings. The molecule has 0 bridgehead atoms. The fourth-order valence-corrected chi connectivity index (χ4v) is 1.50. The Labute approximate surface area is 94.5 Å². The molecular weight excluding hydrogens is 263 g/mol. The van der Waals surface area contributed by atoms with Gasteiger partial charge in [0.2, 0.25) is 0 Å². The summed E-state index contributed by atoms with van der Waals surface area (Å²) in [6, 6.07) is 4.73. The van der Waals surface area contributed by atoms with E-state index in [4.69, 9.17) is 4.42 Å². The standard InChI is InChI=1S/C10H8BrFN2O/c11-9-3-7(1-2-10(9)12)14-5-8-4-13-6-15-8/h1-4,6,14H,5H2. The van der Waals surface area contributed by atoms with Gasteiger partial charge < -0.3 is 9.73 Å². The second kappa shape index (κ2) is 4.44. The number of nitrogens with zero attached hydrogens (tertiary/aromatic N) is 1. The summed E-state index contributed by atoms with van der Waals surface area (Å²) in [7, 11) is 0. The van der Waals surface area contributed by atoms with Crippen molar-refractivity contribution in [2.24, 2.45) is 0 Å². The van der Waals surface area contributed by atoms with E-state index in [-0.39, 0.29) is 5.82 Å². The van der Waals surface area contributed by atoms with Crippen molar-refractivity contribution < 1.29 is 8.81 Å². The van der Waals surface area contributed by atoms with E-state index < -0.39 is 0 Å². The van der Waals surface area contributed by atoms with E-state index in [9.17, 15) is 4.39 Å². The second-order valence-electron chi connectivity index (χ2n) is 2.95. The molecule has 2 rings (SSSR count). The van der Waals surface area contributed by atoms with Gasteiger partial charge in [0.05, 0.1) is 17.2 Å². The van der Waals surface area contributed by atoms with Crippen molar-refractivity contribution >= 4 is 21.6 Å². The quantitative estimate of drug-likeness (QED) is 0.931. The molecule has 0 fully saturated rings. The van der Waals surface area contributed by atoms with Gasteiger partial charge in [-0.15, -0.1) is 0 Å². The van der Waals surface area contributed by atoms with Crippen molar-refractivity contribution in [2.45, 2.75) is 6.54 Å². The molecule has 0 unspecified atom stereocenters. The van der Waals surface area contributed by atoms with Crippen LogP contribution in [-0.4, -0.2) is 4.98 Å². The average molecular weight is 271 g/mol. The maximum atomic E-state index is 12.9. The Balaban J connectivity index is 2.02. The molecule has 1 aromatic carbocycles. The Morgan fingerprint density at radius 3 is 3.00 bits per heavy atom. The molecule has 5 heteroatoms. The van der Waals surface area contributed by atoms with Crippen LogP contribution < -0.4 is 5.32 Å². The van der Waals surface area contributed by atoms with Crippen LogP contribution in [0.3, 0.4) is 0 Å². The Morgan fingerprint density at radius 1 is 1.47 bits per heavy atom. The van der Waals surface area contributed by atoms with Gasteiger partial charge in [0, 0.05) is 5.69 Å². The Bertz CT molecular complexity index is 445. The number of aromatic nitrogens is 1. The average Bonchev–Trinajstić information content (AvgIpc) is 2.73. The van der Waals surface area contributed by atoms with E-state index >= 15 is 0 Å². The first-order chi connectivity index (χ1) is 7.25. The summed E-state index contributed by atoms with van der Waals surface area (Å²) in [5.41, 5.74) is 0.819. The van der Waals surface area contributed by atoms with E-state index in [1.165, 1.54) is 12.5 Å². The highest BCUT2D eigenvalue weighted by Crippen LogP contribution is 2.20. The zero-order valence-corrected chi connectivity index (χ0v) is 9.29. The maximum Gasteiger partial charge on any atom is 0.180 e. The number of halogens is 2. The summed E-state index contributed by atoms with van der Waals surface area (Å²) >= 11 is 3.11. The van der Waals surface area contributed by atoms with Crippen molar-refractivity contribution in [2.75, 3.05) is 5.32 Å². The topological polar surface area (TPSA) is 38.1 Å². The molecule has 0 aliphatic heterocycles. The molecule has 2 aromatic rings. The van der Waals surface area contributed by atoms with Crippen LogP contribution in [0, 0.1) is 5.82 Å². The van der Waals surface area contributed by atoms with E-state index in [1.807, 2.05) is 0 Å². The molecular formula is C10H8BrFN2O. The van der Waals surface area contributed by atoms with Gasteiger partial charge in [-0.05, 0) is 34.1 Å². The molecule has 0 atom stereocenters. The first-order valence-corrected chi connectivity index (χ1v) is 5.11. The van der Waals surface area contributed by atoms with Crippen LogP contribution in [0.25, 0.3) is 0 Å². The summed E-state index contributed by atoms with van der Waals surface area (Å²) in [4.78, 5) is 3.79. The lowest BCUT2D eigenvalue weighted by atomic mass is 10.3. The summed E-state index contributed by atoms with van der Waals surface area (Å²) in [6.07, 6.45) is 3.00. The van der Waals surface area contributed by atoms with Gasteiger partial charge in [-0.1, -0.05) is 0 Å². The zero-order valence-electron chi connectivity index (χ0n) is 7.71. The summed E-state index contributed by atoms with van der Waals surface area (Å²) in [6.45, 7) is 0.526. The zero-order chi connectivity index (χ0) is 10.7. The lowest BCUT2D eigenvalue weighted by Gasteiger charge is -2.04. The van der Waals surface area contributed by atoms with Crippen molar-refractivity contribution in [3.63, 3.8) is 0 Å². The Kier molecular flexibility index (Phi) is 3.01. The summed E-state index contributed by atoms with van der Waals surface area (Å²) in [5.74, 6) is 0.454. The minimum absolute atomic E-state index is 0.278. The van der Waals surface area contributed by atoms with Gasteiger partial charge in [-0.25, -0.2) is 9.37 Å². The second-order valence-corrected chi connectivity index (χ2v) is 3.80. The molecule has 0 saturated heterocycles. The lowest BCUT2D eigenvalue weighted by molar-refractivity contribution is 0.511. The number of rotatable bonds is 3. The van der Waals surface area contributed by atoms with E-state index in [0.717, 1.165) is 11.4 Å². The lowest BCUT2D eigenvalue weighted by Crippen LogP contribution is -1.98. The molecule has 0 aliphatic carbocycles. The van der Waals surface area contributed by atoms with E-state index in [0.29, 0.717) is 11.0 Å². The fraction of sp³-hybridized carbons (Fsp3) is 0.100. The van der Waals surface area contributed by atoms with Crippen LogP contribution in [0.5, 0.6) is 0 Å². The van der Waals surface area contributed by atoms with Crippen LogP contribution in [0.1, 0.15) is 5.76 Å². The number of anilines is 1. The third-order valence-corrected chi connectivity index (χ3v) is 2.48. The monoisotopic (exact) mass is 270 g/mol.